The zero-order valence-corrected chi connectivity index (χ0v) is 23.8. The molecule has 4 rings (SSSR count). The second kappa shape index (κ2) is 12.0. The van der Waals surface area contributed by atoms with E-state index in [0.29, 0.717) is 41.0 Å². The average molecular weight is 676 g/mol. The van der Waals surface area contributed by atoms with Gasteiger partial charge in [-0.05, 0) is 109 Å². The lowest BCUT2D eigenvalue weighted by atomic mass is 10.2. The van der Waals surface area contributed by atoms with Gasteiger partial charge in [0.2, 0.25) is 0 Å². The van der Waals surface area contributed by atoms with Crippen LogP contribution in [-0.2, 0) is 11.4 Å². The van der Waals surface area contributed by atoms with Gasteiger partial charge in [-0.1, -0.05) is 29.3 Å². The summed E-state index contributed by atoms with van der Waals surface area (Å²) in [6.45, 7) is 0.444. The van der Waals surface area contributed by atoms with Gasteiger partial charge < -0.3 is 9.47 Å². The van der Waals surface area contributed by atoms with Crippen LogP contribution in [0.15, 0.2) is 68.4 Å². The van der Waals surface area contributed by atoms with Crippen molar-refractivity contribution in [1.29, 1.82) is 0 Å². The molecule has 11 heteroatoms. The first-order valence-corrected chi connectivity index (χ1v) is 13.6. The largest absolute Gasteiger partial charge is 0.492 e. The maximum atomic E-state index is 13.0. The topological polar surface area (TPSA) is 55.8 Å². The first kappa shape index (κ1) is 27.0. The highest BCUT2D eigenvalue weighted by atomic mass is 79.9. The standard InChI is InChI=1S/C25H16Br2Cl2FNO4S/c26-18-9-15(10-19(27)23(18)35-13-14-1-6-20(28)21(29)11-14)12-22-24(32)31(25(33)36-22)7-8-34-17-4-2-16(30)3-5-17/h1-6,9-12H,7-8,13H2/b22-12-. The fourth-order valence-electron chi connectivity index (χ4n) is 3.22. The summed E-state index contributed by atoms with van der Waals surface area (Å²) in [5.74, 6) is 0.252. The molecule has 0 radical (unpaired) electrons. The monoisotopic (exact) mass is 673 g/mol. The molecule has 1 heterocycles. The molecule has 1 fully saturated rings. The molecule has 1 saturated heterocycles. The first-order chi connectivity index (χ1) is 17.2. The van der Waals surface area contributed by atoms with E-state index in [4.69, 9.17) is 32.7 Å². The lowest BCUT2D eigenvalue weighted by Crippen LogP contribution is -2.32. The minimum atomic E-state index is -0.403. The smallest absolute Gasteiger partial charge is 0.293 e. The Hall–Kier alpha value is -2.04. The van der Waals surface area contributed by atoms with Gasteiger partial charge in [0.1, 0.15) is 30.5 Å². The highest BCUT2D eigenvalue weighted by Gasteiger charge is 2.34. The van der Waals surface area contributed by atoms with Crippen molar-refractivity contribution < 1.29 is 23.5 Å². The molecule has 1 aliphatic rings. The minimum absolute atomic E-state index is 0.0776. The number of halogens is 5. The average Bonchev–Trinajstić information content (AvgIpc) is 3.09. The summed E-state index contributed by atoms with van der Waals surface area (Å²) in [7, 11) is 0. The van der Waals surface area contributed by atoms with Crippen molar-refractivity contribution >= 4 is 84.0 Å². The second-order valence-electron chi connectivity index (χ2n) is 7.49. The van der Waals surface area contributed by atoms with E-state index in [9.17, 15) is 14.0 Å². The van der Waals surface area contributed by atoms with E-state index in [1.54, 1.807) is 30.3 Å². The second-order valence-corrected chi connectivity index (χ2v) is 11.0. The summed E-state index contributed by atoms with van der Waals surface area (Å²) in [4.78, 5) is 26.6. The molecule has 36 heavy (non-hydrogen) atoms. The van der Waals surface area contributed by atoms with E-state index < -0.39 is 5.91 Å². The van der Waals surface area contributed by atoms with E-state index in [0.717, 1.165) is 22.2 Å². The van der Waals surface area contributed by atoms with Crippen molar-refractivity contribution in [1.82, 2.24) is 4.90 Å². The van der Waals surface area contributed by atoms with Gasteiger partial charge in [0.25, 0.3) is 11.1 Å². The summed E-state index contributed by atoms with van der Waals surface area (Å²) in [5, 5.41) is 0.535. The third-order valence-electron chi connectivity index (χ3n) is 4.96. The molecule has 0 N–H and O–H groups in total. The van der Waals surface area contributed by atoms with Crippen LogP contribution in [0.1, 0.15) is 11.1 Å². The Morgan fingerprint density at radius 1 is 0.944 bits per heavy atom. The highest BCUT2D eigenvalue weighted by molar-refractivity contribution is 9.11. The van der Waals surface area contributed by atoms with E-state index in [1.807, 2.05) is 6.07 Å². The van der Waals surface area contributed by atoms with Crippen molar-refractivity contribution in [3.63, 3.8) is 0 Å². The quantitative estimate of drug-likeness (QED) is 0.225. The number of hydrogen-bond donors (Lipinski definition) is 0. The summed E-state index contributed by atoms with van der Waals surface area (Å²) < 4.78 is 25.8. The van der Waals surface area contributed by atoms with Gasteiger partial charge >= 0.3 is 0 Å². The van der Waals surface area contributed by atoms with Crippen LogP contribution < -0.4 is 9.47 Å². The number of benzene rings is 3. The molecule has 3 aromatic rings. The van der Waals surface area contributed by atoms with Gasteiger partial charge in [0.05, 0.1) is 30.4 Å². The predicted octanol–water partition coefficient (Wildman–Crippen LogP) is 8.35. The minimum Gasteiger partial charge on any atom is -0.492 e. The Labute approximate surface area is 237 Å². The van der Waals surface area contributed by atoms with Crippen LogP contribution in [0.4, 0.5) is 9.18 Å². The van der Waals surface area contributed by atoms with Crippen molar-refractivity contribution in [2.45, 2.75) is 6.61 Å². The van der Waals surface area contributed by atoms with E-state index in [1.165, 1.54) is 24.3 Å². The van der Waals surface area contributed by atoms with E-state index in [2.05, 4.69) is 31.9 Å². The number of imide groups is 1. The molecular weight excluding hydrogens is 660 g/mol. The molecule has 0 unspecified atom stereocenters. The van der Waals surface area contributed by atoms with Crippen LogP contribution >= 0.6 is 66.8 Å². The molecular formula is C25H16Br2Cl2FNO4S. The maximum absolute atomic E-state index is 13.0. The van der Waals surface area contributed by atoms with Crippen molar-refractivity contribution in [2.24, 2.45) is 0 Å². The van der Waals surface area contributed by atoms with Gasteiger partial charge in [-0.3, -0.25) is 14.5 Å². The molecule has 0 saturated carbocycles. The number of carbonyl (C=O) groups is 2. The number of thioether (sulfide) groups is 1. The van der Waals surface area contributed by atoms with Gasteiger partial charge in [-0.2, -0.15) is 0 Å². The van der Waals surface area contributed by atoms with Gasteiger partial charge in [0, 0.05) is 0 Å². The summed E-state index contributed by atoms with van der Waals surface area (Å²) >= 11 is 19.9. The normalized spacial score (nSPS) is 14.6. The summed E-state index contributed by atoms with van der Waals surface area (Å²) in [6, 6.07) is 14.4. The molecule has 186 valence electrons. The van der Waals surface area contributed by atoms with Crippen molar-refractivity contribution in [3.8, 4) is 11.5 Å². The highest BCUT2D eigenvalue weighted by Crippen LogP contribution is 2.38. The number of hydrogen-bond acceptors (Lipinski definition) is 5. The fraction of sp³-hybridized carbons (Fsp3) is 0.120. The maximum Gasteiger partial charge on any atom is 0.293 e. The predicted molar refractivity (Wildman–Crippen MR) is 147 cm³/mol. The van der Waals surface area contributed by atoms with Crippen LogP contribution in [0.3, 0.4) is 0 Å². The molecule has 5 nitrogen and oxygen atoms in total. The van der Waals surface area contributed by atoms with E-state index in [-0.39, 0.29) is 30.8 Å². The molecule has 0 bridgehead atoms. The molecule has 0 atom stereocenters. The van der Waals surface area contributed by atoms with Gasteiger partial charge in [-0.25, -0.2) is 4.39 Å². The van der Waals surface area contributed by atoms with Crippen molar-refractivity contribution in [3.05, 3.63) is 95.4 Å². The Kier molecular flexibility index (Phi) is 9.00. The third kappa shape index (κ3) is 6.63. The number of nitrogens with zero attached hydrogens (tertiary/aromatic N) is 1. The molecule has 1 aliphatic heterocycles. The van der Waals surface area contributed by atoms with Crippen LogP contribution in [-0.4, -0.2) is 29.2 Å². The van der Waals surface area contributed by atoms with Crippen LogP contribution in [0.2, 0.25) is 10.0 Å². The first-order valence-electron chi connectivity index (χ1n) is 10.4. The zero-order chi connectivity index (χ0) is 25.8. The van der Waals surface area contributed by atoms with Crippen molar-refractivity contribution in [2.75, 3.05) is 13.2 Å². The van der Waals surface area contributed by atoms with Gasteiger partial charge in [-0.15, -0.1) is 0 Å². The fourth-order valence-corrected chi connectivity index (χ4v) is 5.85. The lowest BCUT2D eigenvalue weighted by molar-refractivity contribution is -0.123. The molecule has 0 aromatic heterocycles. The zero-order valence-electron chi connectivity index (χ0n) is 18.3. The van der Waals surface area contributed by atoms with Gasteiger partial charge in [0.15, 0.2) is 0 Å². The Morgan fingerprint density at radius 2 is 1.64 bits per heavy atom. The molecule has 0 aliphatic carbocycles. The van der Waals surface area contributed by atoms with Crippen LogP contribution in [0.5, 0.6) is 11.5 Å². The Balaban J connectivity index is 1.40. The van der Waals surface area contributed by atoms with Crippen LogP contribution in [0, 0.1) is 5.82 Å². The van der Waals surface area contributed by atoms with Crippen LogP contribution in [0.25, 0.3) is 6.08 Å². The summed E-state index contributed by atoms with van der Waals surface area (Å²) in [6.07, 6.45) is 1.64. The lowest BCUT2D eigenvalue weighted by Gasteiger charge is -2.13. The third-order valence-corrected chi connectivity index (χ3v) is 7.78. The SMILES string of the molecule is O=C1S/C(=C\c2cc(Br)c(OCc3ccc(Cl)c(Cl)c3)c(Br)c2)C(=O)N1CCOc1ccc(F)cc1. The number of ether oxygens (including phenoxy) is 2. The number of carbonyl (C=O) groups excluding carboxylic acids is 2. The van der Waals surface area contributed by atoms with E-state index >= 15 is 0 Å². The Bertz CT molecular complexity index is 1330. The molecule has 3 aromatic carbocycles. The summed E-state index contributed by atoms with van der Waals surface area (Å²) in [5.41, 5.74) is 1.55. The molecule has 2 amide bonds. The number of rotatable bonds is 8. The number of amides is 2. The molecule has 0 spiro atoms. The Morgan fingerprint density at radius 3 is 2.31 bits per heavy atom.